The first-order valence-electron chi connectivity index (χ1n) is 3.06. The van der Waals surface area contributed by atoms with Gasteiger partial charge in [0.15, 0.2) is 0 Å². The number of hydrogen-bond donors (Lipinski definition) is 1. The summed E-state index contributed by atoms with van der Waals surface area (Å²) in [5.41, 5.74) is 2.84. The minimum atomic E-state index is -1.83. The summed E-state index contributed by atoms with van der Waals surface area (Å²) in [5, 5.41) is 0. The molecule has 0 heterocycles. The monoisotopic (exact) mass is 169 g/mol. The Morgan fingerprint density at radius 3 is 1.64 bits per heavy atom. The zero-order valence-corrected chi connectivity index (χ0v) is 5.95. The molecule has 5 heteroatoms. The fraction of sp³-hybridized carbons (Fsp3) is 0.833. The Bertz CT molecular complexity index is 128. The van der Waals surface area contributed by atoms with Crippen molar-refractivity contribution in [1.29, 1.82) is 0 Å². The molecule has 0 aliphatic carbocycles. The third-order valence-corrected chi connectivity index (χ3v) is 1.40. The minimum Gasteiger partial charge on any atom is -0.370 e. The normalized spacial score (nSPS) is 11.5. The molecule has 0 bridgehead atoms. The third kappa shape index (κ3) is 2.78. The summed E-state index contributed by atoms with van der Waals surface area (Å²) in [5.74, 6) is -0.891. The van der Waals surface area contributed by atoms with Crippen molar-refractivity contribution in [2.75, 3.05) is 20.0 Å². The summed E-state index contributed by atoms with van der Waals surface area (Å²) in [4.78, 5) is 10.2. The number of halogens is 3. The smallest absolute Gasteiger partial charge is 0.218 e. The van der Waals surface area contributed by atoms with Crippen LogP contribution < -0.4 is 5.73 Å². The highest BCUT2D eigenvalue weighted by Gasteiger charge is 2.32. The van der Waals surface area contributed by atoms with Crippen LogP contribution in [0.15, 0.2) is 0 Å². The van der Waals surface area contributed by atoms with E-state index in [9.17, 15) is 18.0 Å². The molecule has 66 valence electrons. The molecule has 0 fully saturated rings. The number of rotatable bonds is 5. The molecule has 0 aliphatic rings. The van der Waals surface area contributed by atoms with Gasteiger partial charge in [0.2, 0.25) is 5.91 Å². The first-order valence-corrected chi connectivity index (χ1v) is 3.06. The van der Waals surface area contributed by atoms with Crippen LogP contribution in [0.2, 0.25) is 0 Å². The van der Waals surface area contributed by atoms with Crippen molar-refractivity contribution in [3.8, 4) is 0 Å². The second-order valence-electron chi connectivity index (χ2n) is 2.54. The van der Waals surface area contributed by atoms with E-state index < -0.39 is 37.8 Å². The van der Waals surface area contributed by atoms with E-state index in [4.69, 9.17) is 0 Å². The standard InChI is InChI=1S/C6H10F3NO/c7-2-6(3-8,4-9)1-5(10)11/h1-4H2,(H2,10,11). The molecule has 0 aromatic rings. The number of alkyl halides is 3. The topological polar surface area (TPSA) is 43.1 Å². The lowest BCUT2D eigenvalue weighted by molar-refractivity contribution is -0.121. The zero-order chi connectivity index (χ0) is 8.91. The van der Waals surface area contributed by atoms with Gasteiger partial charge in [0.05, 0.1) is 5.41 Å². The summed E-state index contributed by atoms with van der Waals surface area (Å²) < 4.78 is 36.0. The third-order valence-electron chi connectivity index (χ3n) is 1.40. The average molecular weight is 169 g/mol. The van der Waals surface area contributed by atoms with Gasteiger partial charge in [-0.25, -0.2) is 0 Å². The fourth-order valence-electron chi connectivity index (χ4n) is 0.618. The van der Waals surface area contributed by atoms with Crippen LogP contribution in [0.25, 0.3) is 0 Å². The summed E-state index contributed by atoms with van der Waals surface area (Å²) in [6, 6.07) is 0. The molecular weight excluding hydrogens is 159 g/mol. The average Bonchev–Trinajstić information content (AvgIpc) is 2.00. The van der Waals surface area contributed by atoms with Gasteiger partial charge in [0.25, 0.3) is 0 Å². The highest BCUT2D eigenvalue weighted by molar-refractivity contribution is 5.74. The van der Waals surface area contributed by atoms with Gasteiger partial charge in [-0.1, -0.05) is 0 Å². The van der Waals surface area contributed by atoms with Gasteiger partial charge in [-0.05, 0) is 0 Å². The second kappa shape index (κ2) is 4.20. The van der Waals surface area contributed by atoms with Crippen molar-refractivity contribution in [3.05, 3.63) is 0 Å². The van der Waals surface area contributed by atoms with Gasteiger partial charge in [0, 0.05) is 6.42 Å². The van der Waals surface area contributed by atoms with Crippen LogP contribution in [-0.2, 0) is 4.79 Å². The van der Waals surface area contributed by atoms with Gasteiger partial charge in [0.1, 0.15) is 20.0 Å². The number of carbonyl (C=O) groups is 1. The lowest BCUT2D eigenvalue weighted by Gasteiger charge is -2.21. The zero-order valence-electron chi connectivity index (χ0n) is 5.95. The summed E-state index contributed by atoms with van der Waals surface area (Å²) in [6.45, 7) is -3.62. The SMILES string of the molecule is NC(=O)CC(CF)(CF)CF. The summed E-state index contributed by atoms with van der Waals surface area (Å²) >= 11 is 0. The van der Waals surface area contributed by atoms with E-state index in [1.54, 1.807) is 0 Å². The van der Waals surface area contributed by atoms with Crippen LogP contribution in [0.1, 0.15) is 6.42 Å². The Hall–Kier alpha value is -0.740. The van der Waals surface area contributed by atoms with E-state index in [0.29, 0.717) is 0 Å². The number of primary amides is 1. The maximum absolute atomic E-state index is 12.0. The van der Waals surface area contributed by atoms with Gasteiger partial charge in [-0.3, -0.25) is 18.0 Å². The first-order chi connectivity index (χ1) is 5.10. The molecule has 0 unspecified atom stereocenters. The largest absolute Gasteiger partial charge is 0.370 e. The molecule has 0 aromatic heterocycles. The molecule has 2 nitrogen and oxygen atoms in total. The number of hydrogen-bond acceptors (Lipinski definition) is 1. The van der Waals surface area contributed by atoms with Crippen molar-refractivity contribution < 1.29 is 18.0 Å². The van der Waals surface area contributed by atoms with Crippen molar-refractivity contribution in [2.24, 2.45) is 11.1 Å². The van der Waals surface area contributed by atoms with Gasteiger partial charge >= 0.3 is 0 Å². The Labute approximate surface area is 62.6 Å². The number of amides is 1. The molecular formula is C6H10F3NO. The molecule has 11 heavy (non-hydrogen) atoms. The molecule has 0 aliphatic heterocycles. The van der Waals surface area contributed by atoms with Crippen molar-refractivity contribution in [1.82, 2.24) is 0 Å². The van der Waals surface area contributed by atoms with Crippen LogP contribution in [0, 0.1) is 5.41 Å². The van der Waals surface area contributed by atoms with E-state index in [0.717, 1.165) is 0 Å². The van der Waals surface area contributed by atoms with Gasteiger partial charge < -0.3 is 5.73 Å². The lowest BCUT2D eigenvalue weighted by Crippen LogP contribution is -2.34. The molecule has 2 N–H and O–H groups in total. The van der Waals surface area contributed by atoms with Crippen molar-refractivity contribution >= 4 is 5.91 Å². The highest BCUT2D eigenvalue weighted by Crippen LogP contribution is 2.23. The fourth-order valence-corrected chi connectivity index (χ4v) is 0.618. The molecule has 0 saturated heterocycles. The van der Waals surface area contributed by atoms with E-state index in [1.807, 2.05) is 0 Å². The Balaban J connectivity index is 4.16. The molecule has 0 rings (SSSR count). The maximum atomic E-state index is 12.0. The Kier molecular flexibility index (Phi) is 3.92. The van der Waals surface area contributed by atoms with Gasteiger partial charge in [-0.15, -0.1) is 0 Å². The summed E-state index contributed by atoms with van der Waals surface area (Å²) in [7, 11) is 0. The van der Waals surface area contributed by atoms with E-state index in [1.165, 1.54) is 0 Å². The Morgan fingerprint density at radius 2 is 1.55 bits per heavy atom. The quantitative estimate of drug-likeness (QED) is 0.648. The van der Waals surface area contributed by atoms with Crippen LogP contribution in [0.3, 0.4) is 0 Å². The van der Waals surface area contributed by atoms with Crippen LogP contribution >= 0.6 is 0 Å². The van der Waals surface area contributed by atoms with Crippen LogP contribution in [-0.4, -0.2) is 25.9 Å². The van der Waals surface area contributed by atoms with Crippen molar-refractivity contribution in [2.45, 2.75) is 6.42 Å². The second-order valence-corrected chi connectivity index (χ2v) is 2.54. The van der Waals surface area contributed by atoms with E-state index >= 15 is 0 Å². The van der Waals surface area contributed by atoms with Crippen LogP contribution in [0.4, 0.5) is 13.2 Å². The molecule has 0 spiro atoms. The van der Waals surface area contributed by atoms with E-state index in [-0.39, 0.29) is 0 Å². The highest BCUT2D eigenvalue weighted by atomic mass is 19.1. The minimum absolute atomic E-state index is 0.587. The van der Waals surface area contributed by atoms with Gasteiger partial charge in [-0.2, -0.15) is 0 Å². The predicted octanol–water partition coefficient (Wildman–Crippen LogP) is 0.757. The number of nitrogens with two attached hydrogens (primary N) is 1. The molecule has 0 radical (unpaired) electrons. The number of carbonyl (C=O) groups excluding carboxylic acids is 1. The predicted molar refractivity (Wildman–Crippen MR) is 34.2 cm³/mol. The Morgan fingerprint density at radius 1 is 1.18 bits per heavy atom. The maximum Gasteiger partial charge on any atom is 0.218 e. The summed E-state index contributed by atoms with van der Waals surface area (Å²) in [6.07, 6.45) is -0.587. The first kappa shape index (κ1) is 10.3. The van der Waals surface area contributed by atoms with Crippen LogP contribution in [0.5, 0.6) is 0 Å². The van der Waals surface area contributed by atoms with E-state index in [2.05, 4.69) is 5.73 Å². The van der Waals surface area contributed by atoms with Crippen molar-refractivity contribution in [3.63, 3.8) is 0 Å². The molecule has 0 aromatic carbocycles. The molecule has 0 atom stereocenters. The molecule has 1 amide bonds. The molecule has 0 saturated carbocycles. The lowest BCUT2D eigenvalue weighted by atomic mass is 9.89.